The first-order valence-electron chi connectivity index (χ1n) is 18.4. The van der Waals surface area contributed by atoms with Crippen LogP contribution in [-0.2, 0) is 38.9 Å². The van der Waals surface area contributed by atoms with Gasteiger partial charge < -0.3 is 10.2 Å². The van der Waals surface area contributed by atoms with Crippen LogP contribution in [0.25, 0.3) is 11.3 Å². The third-order valence-electron chi connectivity index (χ3n) is 10.4. The molecule has 2 aromatic heterocycles. The molecule has 3 saturated heterocycles. The number of carbonyl (C=O) groups excluding carboxylic acids is 2. The maximum absolute atomic E-state index is 15.2. The number of imide groups is 1. The Kier molecular flexibility index (Phi) is 11.5. The van der Waals surface area contributed by atoms with Crippen molar-refractivity contribution in [2.75, 3.05) is 49.5 Å². The van der Waals surface area contributed by atoms with Gasteiger partial charge in [-0.15, -0.1) is 0 Å². The van der Waals surface area contributed by atoms with E-state index in [1.807, 2.05) is 11.0 Å². The van der Waals surface area contributed by atoms with Crippen LogP contribution < -0.4 is 15.5 Å². The zero-order valence-electron chi connectivity index (χ0n) is 30.7. The molecular weight excluding hydrogens is 800 g/mol. The highest BCUT2D eigenvalue weighted by Crippen LogP contribution is 2.37. The molecule has 7 rings (SSSR count). The summed E-state index contributed by atoms with van der Waals surface area (Å²) in [4.78, 5) is 35.7. The summed E-state index contributed by atoms with van der Waals surface area (Å²) < 4.78 is 124. The van der Waals surface area contributed by atoms with E-state index < -0.39 is 63.9 Å². The molecule has 0 aliphatic carbocycles. The smallest absolute Gasteiger partial charge is 0.367 e. The van der Waals surface area contributed by atoms with Crippen LogP contribution in [0.3, 0.4) is 0 Å². The summed E-state index contributed by atoms with van der Waals surface area (Å²) in [6.07, 6.45) is -6.24. The normalized spacial score (nSPS) is 19.4. The summed E-state index contributed by atoms with van der Waals surface area (Å²) in [6, 6.07) is 10.9. The number of carbonyl (C=O) groups is 2. The predicted octanol–water partition coefficient (Wildman–Crippen LogP) is 5.17. The van der Waals surface area contributed by atoms with Crippen LogP contribution in [0, 0.1) is 5.82 Å². The molecule has 4 aromatic rings. The zero-order chi connectivity index (χ0) is 41.4. The van der Waals surface area contributed by atoms with Crippen LogP contribution in [0.5, 0.6) is 0 Å². The number of nitrogens with zero attached hydrogens (tertiary/aromatic N) is 7. The van der Waals surface area contributed by atoms with Gasteiger partial charge in [-0.1, -0.05) is 18.2 Å². The number of halogens is 7. The lowest BCUT2D eigenvalue weighted by Gasteiger charge is -2.36. The molecule has 0 spiro atoms. The molecule has 21 heteroatoms. The monoisotopic (exact) mass is 837 g/mol. The summed E-state index contributed by atoms with van der Waals surface area (Å²) in [5.74, 6) is -2.01. The molecule has 0 radical (unpaired) electrons. The maximum atomic E-state index is 15.2. The Labute approximate surface area is 328 Å². The van der Waals surface area contributed by atoms with Gasteiger partial charge >= 0.3 is 12.4 Å². The number of amides is 2. The molecule has 1 unspecified atom stereocenters. The van der Waals surface area contributed by atoms with E-state index in [1.165, 1.54) is 16.4 Å². The lowest BCUT2D eigenvalue weighted by atomic mass is 9.90. The minimum Gasteiger partial charge on any atom is -0.367 e. The Bertz CT molecular complexity index is 2270. The Morgan fingerprint density at radius 2 is 1.64 bits per heavy atom. The molecule has 310 valence electrons. The fourth-order valence-corrected chi connectivity index (χ4v) is 8.96. The fraction of sp³-hybridized carbons (Fsp3) is 0.432. The Balaban J connectivity index is 0.934. The van der Waals surface area contributed by atoms with Crippen molar-refractivity contribution >= 4 is 33.5 Å². The van der Waals surface area contributed by atoms with Crippen molar-refractivity contribution in [2.24, 2.45) is 0 Å². The van der Waals surface area contributed by atoms with Gasteiger partial charge in [0.1, 0.15) is 17.9 Å². The molecule has 0 bridgehead atoms. The van der Waals surface area contributed by atoms with Gasteiger partial charge in [0.2, 0.25) is 27.8 Å². The van der Waals surface area contributed by atoms with Crippen molar-refractivity contribution in [2.45, 2.75) is 68.0 Å². The largest absolute Gasteiger partial charge is 0.419 e. The summed E-state index contributed by atoms with van der Waals surface area (Å²) in [7, 11) is -3.91. The molecule has 13 nitrogen and oxygen atoms in total. The molecule has 1 atom stereocenters. The van der Waals surface area contributed by atoms with Crippen LogP contribution in [0.2, 0.25) is 0 Å². The fourth-order valence-electron chi connectivity index (χ4n) is 7.42. The van der Waals surface area contributed by atoms with Crippen LogP contribution in [0.15, 0.2) is 66.0 Å². The van der Waals surface area contributed by atoms with E-state index in [9.17, 15) is 44.3 Å². The summed E-state index contributed by atoms with van der Waals surface area (Å²) in [5, 5.41) is 8.77. The molecule has 3 aliphatic heterocycles. The third kappa shape index (κ3) is 9.42. The van der Waals surface area contributed by atoms with Crippen LogP contribution in [0.4, 0.5) is 42.4 Å². The average Bonchev–Trinajstić information content (AvgIpc) is 3.62. The van der Waals surface area contributed by atoms with Crippen LogP contribution >= 0.6 is 0 Å². The molecular formula is C37H38F7N9O4S. The van der Waals surface area contributed by atoms with Gasteiger partial charge in [0.15, 0.2) is 0 Å². The minimum absolute atomic E-state index is 0.0922. The van der Waals surface area contributed by atoms with Gasteiger partial charge in [-0.05, 0) is 54.7 Å². The highest BCUT2D eigenvalue weighted by Gasteiger charge is 2.37. The minimum atomic E-state index is -4.90. The number of rotatable bonds is 10. The van der Waals surface area contributed by atoms with Gasteiger partial charge in [0.25, 0.3) is 0 Å². The van der Waals surface area contributed by atoms with Gasteiger partial charge in [-0.25, -0.2) is 22.8 Å². The first-order valence-corrected chi connectivity index (χ1v) is 19.9. The molecule has 2 N–H and O–H groups in total. The zero-order valence-corrected chi connectivity index (χ0v) is 31.5. The molecule has 2 amide bonds. The van der Waals surface area contributed by atoms with Crippen molar-refractivity contribution in [3.63, 3.8) is 0 Å². The van der Waals surface area contributed by atoms with Gasteiger partial charge in [-0.2, -0.15) is 35.7 Å². The second-order valence-electron chi connectivity index (χ2n) is 14.4. The van der Waals surface area contributed by atoms with Gasteiger partial charge in [-0.3, -0.25) is 24.5 Å². The molecule has 5 heterocycles. The number of anilines is 2. The first kappa shape index (κ1) is 41.0. The Morgan fingerprint density at radius 1 is 0.897 bits per heavy atom. The number of benzene rings is 2. The number of alkyl halides is 6. The molecule has 0 saturated carbocycles. The SMILES string of the molecule is O=C1CCC(c2ccc(N3CCN(Cc4cccc(S(=O)(=O)N5CCC(Nc6ncc(C(F)(F)F)c(-c7cnn(CC(F)(F)F)c7)n6)CC5)c4)CC3)c(F)c2)C(=O)N1. The number of hydrogen-bond acceptors (Lipinski definition) is 10. The maximum Gasteiger partial charge on any atom is 0.419 e. The number of aromatic nitrogens is 4. The Morgan fingerprint density at radius 3 is 2.31 bits per heavy atom. The van der Waals surface area contributed by atoms with Crippen molar-refractivity contribution < 1.29 is 48.7 Å². The lowest BCUT2D eigenvalue weighted by Crippen LogP contribution is -2.46. The summed E-state index contributed by atoms with van der Waals surface area (Å²) >= 11 is 0. The lowest BCUT2D eigenvalue weighted by molar-refractivity contribution is -0.142. The molecule has 2 aromatic carbocycles. The van der Waals surface area contributed by atoms with E-state index in [2.05, 4.69) is 30.6 Å². The highest BCUT2D eigenvalue weighted by molar-refractivity contribution is 7.89. The number of sulfonamides is 1. The average molecular weight is 838 g/mol. The van der Waals surface area contributed by atoms with E-state index in [4.69, 9.17) is 0 Å². The van der Waals surface area contributed by atoms with Crippen LogP contribution in [-0.4, -0.2) is 101 Å². The quantitative estimate of drug-likeness (QED) is 0.162. The van der Waals surface area contributed by atoms with Crippen molar-refractivity contribution in [3.8, 4) is 11.3 Å². The third-order valence-corrected chi connectivity index (χ3v) is 12.3. The molecule has 3 fully saturated rings. The van der Waals surface area contributed by atoms with E-state index in [-0.39, 0.29) is 54.7 Å². The second kappa shape index (κ2) is 16.2. The summed E-state index contributed by atoms with van der Waals surface area (Å²) in [6.45, 7) is 1.34. The second-order valence-corrected chi connectivity index (χ2v) is 16.4. The Hall–Kier alpha value is -5.15. The van der Waals surface area contributed by atoms with E-state index in [0.717, 1.165) is 18.0 Å². The predicted molar refractivity (Wildman–Crippen MR) is 195 cm³/mol. The number of piperidine rings is 2. The van der Waals surface area contributed by atoms with Crippen molar-refractivity contribution in [1.29, 1.82) is 0 Å². The topological polar surface area (TPSA) is 146 Å². The van der Waals surface area contributed by atoms with Crippen LogP contribution in [0.1, 0.15) is 48.3 Å². The van der Waals surface area contributed by atoms with Crippen molar-refractivity contribution in [3.05, 3.63) is 83.6 Å². The first-order chi connectivity index (χ1) is 27.4. The van der Waals surface area contributed by atoms with E-state index in [1.54, 1.807) is 24.3 Å². The highest BCUT2D eigenvalue weighted by atomic mass is 32.2. The van der Waals surface area contributed by atoms with Crippen molar-refractivity contribution in [1.82, 2.24) is 34.3 Å². The number of hydrogen-bond donors (Lipinski definition) is 2. The summed E-state index contributed by atoms with van der Waals surface area (Å²) in [5.41, 5.74) is -0.477. The standard InChI is InChI=1S/C37H38F7N9O4S/c38-30-17-24(28-5-7-32(54)48-34(28)55)4-6-31(30)51-14-12-50(13-15-51)20-23-2-1-3-27(16-23)58(56,57)53-10-8-26(9-11-53)47-35-45-19-29(37(42,43)44)33(49-35)25-18-46-52(21-25)22-36(39,40)41/h1-4,6,16-19,21,26,28H,5,7-15,20,22H2,(H,45,47,49)(H,48,54,55). The van der Waals surface area contributed by atoms with E-state index >= 15 is 4.39 Å². The molecule has 58 heavy (non-hydrogen) atoms. The van der Waals surface area contributed by atoms with Gasteiger partial charge in [0.05, 0.1) is 28.4 Å². The number of nitrogens with one attached hydrogen (secondary N) is 2. The molecule has 3 aliphatic rings. The van der Waals surface area contributed by atoms with Gasteiger partial charge in [0, 0.05) is 76.2 Å². The number of piperazine rings is 1. The van der Waals surface area contributed by atoms with E-state index in [0.29, 0.717) is 61.3 Å².